The summed E-state index contributed by atoms with van der Waals surface area (Å²) in [6, 6.07) is 7.16. The van der Waals surface area contributed by atoms with E-state index in [1.165, 1.54) is 35.0 Å². The van der Waals surface area contributed by atoms with Crippen LogP contribution < -0.4 is 5.32 Å². The van der Waals surface area contributed by atoms with Gasteiger partial charge in [0.15, 0.2) is 0 Å². The molecule has 0 saturated heterocycles. The molecular weight excluding hydrogens is 226 g/mol. The van der Waals surface area contributed by atoms with E-state index in [4.69, 9.17) is 0 Å². The van der Waals surface area contributed by atoms with E-state index >= 15 is 0 Å². The number of nitrogens with one attached hydrogen (secondary N) is 1. The lowest BCUT2D eigenvalue weighted by Gasteiger charge is -2.27. The number of anilines is 1. The number of halogens is 1. The van der Waals surface area contributed by atoms with E-state index in [-0.39, 0.29) is 0 Å². The summed E-state index contributed by atoms with van der Waals surface area (Å²) in [4.78, 5) is 0. The number of benzene rings is 1. The summed E-state index contributed by atoms with van der Waals surface area (Å²) in [5, 5.41) is 3.53. The summed E-state index contributed by atoms with van der Waals surface area (Å²) in [5.41, 5.74) is 2.55. The van der Waals surface area contributed by atoms with Crippen molar-refractivity contribution in [2.24, 2.45) is 0 Å². The normalized spacial score (nSPS) is 16.8. The van der Waals surface area contributed by atoms with E-state index in [0.29, 0.717) is 0 Å². The minimum absolute atomic E-state index is 0.723. The smallest absolute Gasteiger partial charge is 0.0345 e. The third-order valence-corrected chi connectivity index (χ3v) is 3.52. The number of hydrogen-bond donors (Lipinski definition) is 1. The molecule has 2 rings (SSSR count). The average Bonchev–Trinajstić information content (AvgIpc) is 2.04. The first-order valence-corrected chi connectivity index (χ1v) is 5.58. The molecule has 0 spiro atoms. The van der Waals surface area contributed by atoms with E-state index in [1.807, 2.05) is 0 Å². The Kier molecular flexibility index (Phi) is 2.58. The van der Waals surface area contributed by atoms with E-state index in [9.17, 15) is 0 Å². The molecule has 1 aliphatic carbocycles. The van der Waals surface area contributed by atoms with Crippen molar-refractivity contribution in [1.82, 2.24) is 0 Å². The van der Waals surface area contributed by atoms with Gasteiger partial charge in [-0.2, -0.15) is 0 Å². The van der Waals surface area contributed by atoms with Gasteiger partial charge in [-0.25, -0.2) is 0 Å². The fourth-order valence-electron chi connectivity index (χ4n) is 1.52. The van der Waals surface area contributed by atoms with Crippen molar-refractivity contribution in [2.45, 2.75) is 32.2 Å². The van der Waals surface area contributed by atoms with Crippen molar-refractivity contribution < 1.29 is 0 Å². The van der Waals surface area contributed by atoms with E-state index in [1.54, 1.807) is 0 Å². The molecular formula is C11H14BrN. The molecule has 0 unspecified atom stereocenters. The zero-order valence-corrected chi connectivity index (χ0v) is 9.39. The Morgan fingerprint density at radius 2 is 2.15 bits per heavy atom. The van der Waals surface area contributed by atoms with E-state index in [2.05, 4.69) is 46.4 Å². The first kappa shape index (κ1) is 9.07. The lowest BCUT2D eigenvalue weighted by molar-refractivity contribution is 0.445. The third kappa shape index (κ3) is 2.05. The molecule has 0 aromatic heterocycles. The quantitative estimate of drug-likeness (QED) is 0.830. The molecule has 13 heavy (non-hydrogen) atoms. The van der Waals surface area contributed by atoms with Gasteiger partial charge >= 0.3 is 0 Å². The molecule has 2 heteroatoms. The van der Waals surface area contributed by atoms with Crippen LogP contribution in [0.1, 0.15) is 24.8 Å². The van der Waals surface area contributed by atoms with Crippen molar-refractivity contribution in [2.75, 3.05) is 5.32 Å². The Labute approximate surface area is 87.7 Å². The molecule has 1 fully saturated rings. The van der Waals surface area contributed by atoms with E-state index < -0.39 is 0 Å². The Morgan fingerprint density at radius 3 is 2.69 bits per heavy atom. The highest BCUT2D eigenvalue weighted by molar-refractivity contribution is 9.10. The van der Waals surface area contributed by atoms with Gasteiger partial charge in [0.05, 0.1) is 0 Å². The van der Waals surface area contributed by atoms with Gasteiger partial charge in [-0.15, -0.1) is 0 Å². The summed E-state index contributed by atoms with van der Waals surface area (Å²) >= 11 is 3.50. The SMILES string of the molecule is Cc1cc(NC2CCC2)ccc1Br. The Hall–Kier alpha value is -0.500. The molecule has 1 N–H and O–H groups in total. The van der Waals surface area contributed by atoms with Crippen molar-refractivity contribution in [3.8, 4) is 0 Å². The van der Waals surface area contributed by atoms with Crippen molar-refractivity contribution in [3.63, 3.8) is 0 Å². The van der Waals surface area contributed by atoms with Crippen molar-refractivity contribution in [3.05, 3.63) is 28.2 Å². The van der Waals surface area contributed by atoms with Gasteiger partial charge in [-0.05, 0) is 49.9 Å². The Bertz CT molecular complexity index is 305. The lowest BCUT2D eigenvalue weighted by Crippen LogP contribution is -2.26. The second-order valence-electron chi connectivity index (χ2n) is 3.74. The monoisotopic (exact) mass is 239 g/mol. The standard InChI is InChI=1S/C11H14BrN/c1-8-7-10(5-6-11(8)12)13-9-3-2-4-9/h5-7,9,13H,2-4H2,1H3. The van der Waals surface area contributed by atoms with E-state index in [0.717, 1.165) is 6.04 Å². The van der Waals surface area contributed by atoms with Gasteiger partial charge in [0.2, 0.25) is 0 Å². The highest BCUT2D eigenvalue weighted by atomic mass is 79.9. The predicted molar refractivity (Wildman–Crippen MR) is 60.1 cm³/mol. The average molecular weight is 240 g/mol. The minimum Gasteiger partial charge on any atom is -0.382 e. The zero-order valence-electron chi connectivity index (χ0n) is 7.81. The molecule has 1 saturated carbocycles. The fourth-order valence-corrected chi connectivity index (χ4v) is 1.77. The van der Waals surface area contributed by atoms with Crippen LogP contribution in [0.2, 0.25) is 0 Å². The highest BCUT2D eigenvalue weighted by Gasteiger charge is 2.16. The van der Waals surface area contributed by atoms with Gasteiger partial charge in [0.1, 0.15) is 0 Å². The van der Waals surface area contributed by atoms with Crippen LogP contribution in [0.5, 0.6) is 0 Å². The van der Waals surface area contributed by atoms with Crippen molar-refractivity contribution >= 4 is 21.6 Å². The first-order chi connectivity index (χ1) is 6.25. The molecule has 1 aliphatic rings. The minimum atomic E-state index is 0.723. The molecule has 1 aromatic rings. The number of hydrogen-bond acceptors (Lipinski definition) is 1. The van der Waals surface area contributed by atoms with Crippen LogP contribution in [0.3, 0.4) is 0 Å². The molecule has 0 atom stereocenters. The second-order valence-corrected chi connectivity index (χ2v) is 4.59. The van der Waals surface area contributed by atoms with Crippen LogP contribution in [0, 0.1) is 6.92 Å². The van der Waals surface area contributed by atoms with Crippen LogP contribution in [0.4, 0.5) is 5.69 Å². The summed E-state index contributed by atoms with van der Waals surface area (Å²) in [6.07, 6.45) is 4.04. The maximum absolute atomic E-state index is 3.53. The molecule has 1 aromatic carbocycles. The van der Waals surface area contributed by atoms with Crippen LogP contribution in [0.15, 0.2) is 22.7 Å². The topological polar surface area (TPSA) is 12.0 Å². The molecule has 70 valence electrons. The summed E-state index contributed by atoms with van der Waals surface area (Å²) < 4.78 is 1.19. The maximum atomic E-state index is 3.53. The molecule has 0 radical (unpaired) electrons. The van der Waals surface area contributed by atoms with Crippen LogP contribution in [-0.2, 0) is 0 Å². The largest absolute Gasteiger partial charge is 0.382 e. The highest BCUT2D eigenvalue weighted by Crippen LogP contribution is 2.25. The fraction of sp³-hybridized carbons (Fsp3) is 0.455. The van der Waals surface area contributed by atoms with Gasteiger partial charge in [0.25, 0.3) is 0 Å². The molecule has 1 nitrogen and oxygen atoms in total. The maximum Gasteiger partial charge on any atom is 0.0345 e. The summed E-state index contributed by atoms with van der Waals surface area (Å²) in [5.74, 6) is 0. The van der Waals surface area contributed by atoms with Gasteiger partial charge < -0.3 is 5.32 Å². The lowest BCUT2D eigenvalue weighted by atomic mass is 9.93. The van der Waals surface area contributed by atoms with Crippen LogP contribution >= 0.6 is 15.9 Å². The Morgan fingerprint density at radius 1 is 1.38 bits per heavy atom. The summed E-state index contributed by atoms with van der Waals surface area (Å²) in [6.45, 7) is 2.12. The molecule has 0 heterocycles. The third-order valence-electron chi connectivity index (χ3n) is 2.63. The Balaban J connectivity index is 2.07. The van der Waals surface area contributed by atoms with Gasteiger partial charge in [-0.1, -0.05) is 15.9 Å². The van der Waals surface area contributed by atoms with Crippen molar-refractivity contribution in [1.29, 1.82) is 0 Å². The molecule has 0 bridgehead atoms. The first-order valence-electron chi connectivity index (χ1n) is 4.78. The molecule has 0 aliphatic heterocycles. The second kappa shape index (κ2) is 3.70. The predicted octanol–water partition coefficient (Wildman–Crippen LogP) is 3.72. The molecule has 0 amide bonds. The number of aryl methyl sites for hydroxylation is 1. The van der Waals surface area contributed by atoms with Crippen LogP contribution in [0.25, 0.3) is 0 Å². The van der Waals surface area contributed by atoms with Gasteiger partial charge in [0, 0.05) is 16.2 Å². The van der Waals surface area contributed by atoms with Gasteiger partial charge in [-0.3, -0.25) is 0 Å². The van der Waals surface area contributed by atoms with Crippen LogP contribution in [-0.4, -0.2) is 6.04 Å². The zero-order chi connectivity index (χ0) is 9.26. The number of rotatable bonds is 2. The summed E-state index contributed by atoms with van der Waals surface area (Å²) in [7, 11) is 0.